The van der Waals surface area contributed by atoms with Crippen molar-refractivity contribution in [3.63, 3.8) is 0 Å². The lowest BCUT2D eigenvalue weighted by molar-refractivity contribution is -0.575. The molecule has 0 atom stereocenters. The van der Waals surface area contributed by atoms with E-state index in [1.165, 1.54) is 11.3 Å². The minimum absolute atomic E-state index is 0.127. The van der Waals surface area contributed by atoms with E-state index in [2.05, 4.69) is 5.32 Å². The van der Waals surface area contributed by atoms with Gasteiger partial charge in [-0.05, 0) is 30.5 Å². The van der Waals surface area contributed by atoms with E-state index in [-0.39, 0.29) is 5.76 Å². The van der Waals surface area contributed by atoms with Crippen molar-refractivity contribution in [2.75, 3.05) is 11.9 Å². The number of anilines is 1. The summed E-state index contributed by atoms with van der Waals surface area (Å²) in [6.45, 7) is 2.49. The van der Waals surface area contributed by atoms with Gasteiger partial charge in [0.25, 0.3) is 5.70 Å². The van der Waals surface area contributed by atoms with Crippen LogP contribution in [0.1, 0.15) is 11.8 Å². The van der Waals surface area contributed by atoms with Gasteiger partial charge >= 0.3 is 0 Å². The number of hydrogen-bond donors (Lipinski definition) is 2. The number of pyridine rings is 1. The molecule has 132 valence electrons. The maximum Gasteiger partial charge on any atom is 0.289 e. The summed E-state index contributed by atoms with van der Waals surface area (Å²) in [7, 11) is 0. The molecule has 0 bridgehead atoms. The van der Waals surface area contributed by atoms with Crippen LogP contribution in [-0.4, -0.2) is 16.7 Å². The lowest BCUT2D eigenvalue weighted by Crippen LogP contribution is -2.38. The van der Waals surface area contributed by atoms with Crippen LogP contribution in [0.2, 0.25) is 0 Å². The van der Waals surface area contributed by atoms with Crippen LogP contribution in [-0.2, 0) is 0 Å². The molecule has 0 unspecified atom stereocenters. The molecule has 3 rings (SSSR count). The second-order valence-corrected chi connectivity index (χ2v) is 6.70. The van der Waals surface area contributed by atoms with Crippen LogP contribution < -0.4 is 14.6 Å². The summed E-state index contributed by atoms with van der Waals surface area (Å²) in [5.74, 6) is 0.841. The monoisotopic (exact) mass is 383 g/mol. The van der Waals surface area contributed by atoms with Crippen LogP contribution in [0.4, 0.5) is 5.69 Å². The summed E-state index contributed by atoms with van der Waals surface area (Å²) in [6.07, 6.45) is 3.70. The number of rotatable bonds is 6. The van der Waals surface area contributed by atoms with Gasteiger partial charge in [0.1, 0.15) is 5.75 Å². The first kappa shape index (κ1) is 18.1. The quantitative estimate of drug-likeness (QED) is 0.279. The standard InChI is InChI=1S/C20H18N2O2S2/c1-2-24-16-10-5-4-9-15(16)21-20(25)18(22-12-6-3-7-13-22)19(23)17-11-8-14-26-17/h3-14H,2H2,1H3,(H-,21,23,25)/p+1. The molecule has 26 heavy (non-hydrogen) atoms. The van der Waals surface area contributed by atoms with E-state index in [4.69, 9.17) is 17.0 Å². The van der Waals surface area contributed by atoms with Crippen molar-refractivity contribution >= 4 is 45.7 Å². The van der Waals surface area contributed by atoms with Crippen LogP contribution in [0.15, 0.2) is 72.4 Å². The minimum atomic E-state index is 0.127. The third-order valence-electron chi connectivity index (χ3n) is 3.60. The third-order valence-corrected chi connectivity index (χ3v) is 4.77. The summed E-state index contributed by atoms with van der Waals surface area (Å²) < 4.78 is 7.45. The van der Waals surface area contributed by atoms with E-state index in [0.717, 1.165) is 10.6 Å². The van der Waals surface area contributed by atoms with E-state index in [0.29, 0.717) is 23.0 Å². The maximum absolute atomic E-state index is 10.9. The number of benzene rings is 1. The molecule has 3 aromatic rings. The lowest BCUT2D eigenvalue weighted by atomic mass is 10.2. The Labute approximate surface area is 162 Å². The predicted molar refractivity (Wildman–Crippen MR) is 111 cm³/mol. The predicted octanol–water partition coefficient (Wildman–Crippen LogP) is 4.76. The van der Waals surface area contributed by atoms with E-state index < -0.39 is 0 Å². The second kappa shape index (κ2) is 8.60. The van der Waals surface area contributed by atoms with Gasteiger partial charge in [-0.3, -0.25) is 0 Å². The van der Waals surface area contributed by atoms with Gasteiger partial charge in [0, 0.05) is 12.1 Å². The van der Waals surface area contributed by atoms with Crippen molar-refractivity contribution in [3.8, 4) is 5.75 Å². The number of para-hydroxylation sites is 2. The van der Waals surface area contributed by atoms with Crippen LogP contribution >= 0.6 is 23.6 Å². The van der Waals surface area contributed by atoms with Crippen molar-refractivity contribution in [2.24, 2.45) is 0 Å². The normalized spacial score (nSPS) is 11.6. The number of aliphatic hydroxyl groups is 1. The number of aliphatic hydroxyl groups excluding tert-OH is 1. The Morgan fingerprint density at radius 2 is 1.88 bits per heavy atom. The zero-order valence-electron chi connectivity index (χ0n) is 14.3. The Morgan fingerprint density at radius 3 is 2.58 bits per heavy atom. The Kier molecular flexibility index (Phi) is 5.99. The average Bonchev–Trinajstić information content (AvgIpc) is 3.19. The molecule has 1 aromatic carbocycles. The number of aromatic nitrogens is 1. The Balaban J connectivity index is 2.01. The number of nitrogens with one attached hydrogen (secondary N) is 1. The van der Waals surface area contributed by atoms with Gasteiger partial charge in [-0.15, -0.1) is 11.3 Å². The smallest absolute Gasteiger partial charge is 0.289 e. The highest BCUT2D eigenvalue weighted by Gasteiger charge is 2.24. The van der Waals surface area contributed by atoms with Gasteiger partial charge in [-0.25, -0.2) is 0 Å². The lowest BCUT2D eigenvalue weighted by Gasteiger charge is -2.13. The molecule has 0 amide bonds. The van der Waals surface area contributed by atoms with Crippen molar-refractivity contribution in [1.29, 1.82) is 0 Å². The molecule has 0 fully saturated rings. The Hall–Kier alpha value is -2.70. The van der Waals surface area contributed by atoms with Crippen LogP contribution in [0.25, 0.3) is 11.5 Å². The highest BCUT2D eigenvalue weighted by molar-refractivity contribution is 7.81. The molecule has 0 saturated carbocycles. The third kappa shape index (κ3) is 4.09. The Morgan fingerprint density at radius 1 is 1.12 bits per heavy atom. The molecule has 0 radical (unpaired) electrons. The zero-order valence-corrected chi connectivity index (χ0v) is 15.9. The molecule has 0 aliphatic rings. The number of nitrogens with zero attached hydrogens (tertiary/aromatic N) is 1. The summed E-state index contributed by atoms with van der Waals surface area (Å²) in [4.78, 5) is 1.15. The first-order valence-electron chi connectivity index (χ1n) is 8.17. The van der Waals surface area contributed by atoms with Crippen molar-refractivity contribution in [2.45, 2.75) is 6.92 Å². The molecule has 2 heterocycles. The second-order valence-electron chi connectivity index (χ2n) is 5.34. The van der Waals surface area contributed by atoms with Crippen molar-refractivity contribution < 1.29 is 14.4 Å². The van der Waals surface area contributed by atoms with E-state index in [9.17, 15) is 5.11 Å². The molecule has 2 N–H and O–H groups in total. The van der Waals surface area contributed by atoms with Crippen molar-refractivity contribution in [3.05, 3.63) is 77.2 Å². The highest BCUT2D eigenvalue weighted by atomic mass is 32.1. The first-order valence-corrected chi connectivity index (χ1v) is 9.46. The summed E-state index contributed by atoms with van der Waals surface area (Å²) in [6, 6.07) is 17.0. The number of thiophene rings is 1. The molecular formula is C20H19N2O2S2+. The molecule has 4 nitrogen and oxygen atoms in total. The van der Waals surface area contributed by atoms with E-state index in [1.807, 2.05) is 79.3 Å². The van der Waals surface area contributed by atoms with Gasteiger partial charge < -0.3 is 15.2 Å². The topological polar surface area (TPSA) is 45.4 Å². The van der Waals surface area contributed by atoms with E-state index in [1.54, 1.807) is 4.57 Å². The van der Waals surface area contributed by atoms with Gasteiger partial charge in [-0.2, -0.15) is 4.57 Å². The molecule has 0 saturated heterocycles. The zero-order chi connectivity index (χ0) is 18.4. The van der Waals surface area contributed by atoms with Gasteiger partial charge in [0.05, 0.1) is 17.2 Å². The molecule has 0 aliphatic carbocycles. The van der Waals surface area contributed by atoms with Gasteiger partial charge in [-0.1, -0.05) is 36.5 Å². The molecule has 0 aliphatic heterocycles. The Bertz CT molecular complexity index is 907. The molecule has 6 heteroatoms. The highest BCUT2D eigenvalue weighted by Crippen LogP contribution is 2.27. The molecular weight excluding hydrogens is 364 g/mol. The average molecular weight is 384 g/mol. The van der Waals surface area contributed by atoms with Crippen LogP contribution in [0.5, 0.6) is 5.75 Å². The maximum atomic E-state index is 10.9. The van der Waals surface area contributed by atoms with Gasteiger partial charge in [0.2, 0.25) is 5.76 Å². The first-order chi connectivity index (χ1) is 12.7. The molecule has 2 aromatic heterocycles. The fraction of sp³-hybridized carbons (Fsp3) is 0.100. The summed E-state index contributed by atoms with van der Waals surface area (Å²) >= 11 is 7.09. The molecule has 0 spiro atoms. The fourth-order valence-corrected chi connectivity index (χ4v) is 3.44. The van der Waals surface area contributed by atoms with Gasteiger partial charge in [0.15, 0.2) is 17.4 Å². The van der Waals surface area contributed by atoms with Crippen molar-refractivity contribution in [1.82, 2.24) is 0 Å². The van der Waals surface area contributed by atoms with Crippen LogP contribution in [0.3, 0.4) is 0 Å². The number of ether oxygens (including phenoxy) is 1. The minimum Gasteiger partial charge on any atom is -0.501 e. The number of thiocarbonyl (C=S) groups is 1. The van der Waals surface area contributed by atoms with E-state index >= 15 is 0 Å². The number of hydrogen-bond acceptors (Lipinski definition) is 4. The fourth-order valence-electron chi connectivity index (χ4n) is 2.46. The largest absolute Gasteiger partial charge is 0.501 e. The summed E-state index contributed by atoms with van der Waals surface area (Å²) in [5, 5.41) is 16.0. The van der Waals surface area contributed by atoms with Crippen LogP contribution in [0, 0.1) is 0 Å². The SMILES string of the molecule is CCOc1ccccc1NC(=S)/C(=C(\O)c1cccs1)[n+]1ccccc1. The summed E-state index contributed by atoms with van der Waals surface area (Å²) in [5.41, 5.74) is 1.27.